The van der Waals surface area contributed by atoms with E-state index in [1.807, 2.05) is 45.0 Å². The van der Waals surface area contributed by atoms with E-state index in [-0.39, 0.29) is 11.9 Å². The predicted molar refractivity (Wildman–Crippen MR) is 105 cm³/mol. The summed E-state index contributed by atoms with van der Waals surface area (Å²) < 4.78 is 10.6. The topological polar surface area (TPSA) is 85.4 Å². The van der Waals surface area contributed by atoms with Gasteiger partial charge in [0.2, 0.25) is 11.9 Å². The lowest BCUT2D eigenvalue weighted by Crippen LogP contribution is -2.27. The van der Waals surface area contributed by atoms with Crippen LogP contribution in [-0.4, -0.2) is 36.6 Å². The zero-order valence-electron chi connectivity index (χ0n) is 16.6. The number of methoxy groups -OCH3 is 2. The number of amides is 1. The number of hydrogen-bond acceptors (Lipinski definition) is 6. The van der Waals surface area contributed by atoms with Crippen molar-refractivity contribution in [3.05, 3.63) is 41.2 Å². The number of nitrogens with one attached hydrogen (secondary N) is 2. The molecular formula is C20H28N4O3. The fourth-order valence-corrected chi connectivity index (χ4v) is 2.77. The summed E-state index contributed by atoms with van der Waals surface area (Å²) in [7, 11) is 3.19. The molecule has 7 heteroatoms. The molecule has 0 bridgehead atoms. The first-order chi connectivity index (χ1) is 12.9. The highest BCUT2D eigenvalue weighted by atomic mass is 16.5. The van der Waals surface area contributed by atoms with Crippen LogP contribution in [0.25, 0.3) is 0 Å². The molecule has 0 radical (unpaired) electrons. The zero-order valence-corrected chi connectivity index (χ0v) is 16.6. The molecule has 2 aromatic rings. The van der Waals surface area contributed by atoms with Gasteiger partial charge in [-0.25, -0.2) is 9.97 Å². The number of aromatic nitrogens is 2. The summed E-state index contributed by atoms with van der Waals surface area (Å²) in [6.07, 6.45) is 1.12. The third-order valence-electron chi connectivity index (χ3n) is 4.13. The van der Waals surface area contributed by atoms with Crippen molar-refractivity contribution < 1.29 is 14.3 Å². The molecule has 146 valence electrons. The summed E-state index contributed by atoms with van der Waals surface area (Å²) in [5.41, 5.74) is 2.81. The fraction of sp³-hybridized carbons (Fsp3) is 0.450. The van der Waals surface area contributed by atoms with E-state index >= 15 is 0 Å². The second kappa shape index (κ2) is 9.75. The van der Waals surface area contributed by atoms with Gasteiger partial charge in [-0.3, -0.25) is 4.79 Å². The maximum Gasteiger partial charge on any atom is 0.223 e. The normalized spacial score (nSPS) is 11.6. The van der Waals surface area contributed by atoms with Crippen LogP contribution in [0.3, 0.4) is 0 Å². The molecule has 0 saturated heterocycles. The van der Waals surface area contributed by atoms with E-state index in [0.717, 1.165) is 17.0 Å². The number of hydrogen-bond donors (Lipinski definition) is 2. The second-order valence-electron chi connectivity index (χ2n) is 6.41. The summed E-state index contributed by atoms with van der Waals surface area (Å²) in [5, 5.41) is 6.17. The van der Waals surface area contributed by atoms with Gasteiger partial charge in [-0.15, -0.1) is 0 Å². The molecule has 0 aliphatic heterocycles. The van der Waals surface area contributed by atoms with Crippen molar-refractivity contribution in [2.75, 3.05) is 26.1 Å². The van der Waals surface area contributed by atoms with Crippen LogP contribution >= 0.6 is 0 Å². The molecule has 2 N–H and O–H groups in total. The van der Waals surface area contributed by atoms with E-state index in [9.17, 15) is 4.79 Å². The first-order valence-electron chi connectivity index (χ1n) is 9.00. The van der Waals surface area contributed by atoms with Gasteiger partial charge in [0, 0.05) is 24.4 Å². The van der Waals surface area contributed by atoms with Crippen molar-refractivity contribution >= 4 is 11.9 Å². The third-order valence-corrected chi connectivity index (χ3v) is 4.13. The maximum atomic E-state index is 12.2. The summed E-state index contributed by atoms with van der Waals surface area (Å²) in [6.45, 7) is 6.45. The molecule has 0 saturated carbocycles. The molecule has 0 fully saturated rings. The minimum atomic E-state index is -0.118. The Hall–Kier alpha value is -2.83. The van der Waals surface area contributed by atoms with Gasteiger partial charge in [0.05, 0.1) is 20.3 Å². The van der Waals surface area contributed by atoms with Gasteiger partial charge in [-0.2, -0.15) is 0 Å². The summed E-state index contributed by atoms with van der Waals surface area (Å²) in [6, 6.07) is 7.44. The molecule has 0 aliphatic carbocycles. The van der Waals surface area contributed by atoms with Crippen LogP contribution in [0.1, 0.15) is 42.8 Å². The summed E-state index contributed by atoms with van der Waals surface area (Å²) >= 11 is 0. The van der Waals surface area contributed by atoms with Crippen LogP contribution in [0, 0.1) is 13.8 Å². The van der Waals surface area contributed by atoms with Gasteiger partial charge >= 0.3 is 0 Å². The zero-order chi connectivity index (χ0) is 19.8. The van der Waals surface area contributed by atoms with Gasteiger partial charge in [-0.1, -0.05) is 6.07 Å². The van der Waals surface area contributed by atoms with Gasteiger partial charge < -0.3 is 20.1 Å². The van der Waals surface area contributed by atoms with Crippen LogP contribution in [-0.2, 0) is 4.79 Å². The molecule has 1 aromatic heterocycles. The second-order valence-corrected chi connectivity index (χ2v) is 6.41. The smallest absolute Gasteiger partial charge is 0.223 e. The van der Waals surface area contributed by atoms with Crippen LogP contribution < -0.4 is 20.1 Å². The Balaban J connectivity index is 1.79. The van der Waals surface area contributed by atoms with E-state index in [0.29, 0.717) is 36.8 Å². The van der Waals surface area contributed by atoms with Gasteiger partial charge in [0.15, 0.2) is 11.5 Å². The average molecular weight is 372 g/mol. The molecule has 1 aromatic carbocycles. The van der Waals surface area contributed by atoms with Crippen LogP contribution in [0.15, 0.2) is 24.3 Å². The Labute approximate surface area is 160 Å². The minimum Gasteiger partial charge on any atom is -0.493 e. The maximum absolute atomic E-state index is 12.2. The van der Waals surface area contributed by atoms with E-state index in [1.165, 1.54) is 0 Å². The van der Waals surface area contributed by atoms with Gasteiger partial charge in [-0.05, 0) is 51.0 Å². The Morgan fingerprint density at radius 3 is 2.37 bits per heavy atom. The number of carbonyl (C=O) groups excluding carboxylic acids is 1. The highest BCUT2D eigenvalue weighted by Crippen LogP contribution is 2.29. The number of ether oxygens (including phenoxy) is 2. The van der Waals surface area contributed by atoms with Crippen molar-refractivity contribution in [3.8, 4) is 11.5 Å². The molecule has 0 spiro atoms. The Morgan fingerprint density at radius 2 is 1.74 bits per heavy atom. The molecular weight excluding hydrogens is 344 g/mol. The van der Waals surface area contributed by atoms with Crippen LogP contribution in [0.5, 0.6) is 11.5 Å². The Bertz CT molecular complexity index is 760. The molecule has 27 heavy (non-hydrogen) atoms. The first-order valence-corrected chi connectivity index (χ1v) is 9.00. The van der Waals surface area contributed by atoms with E-state index < -0.39 is 0 Å². The van der Waals surface area contributed by atoms with E-state index in [1.54, 1.807) is 14.2 Å². The number of aryl methyl sites for hydroxylation is 2. The van der Waals surface area contributed by atoms with Gasteiger partial charge in [0.25, 0.3) is 0 Å². The van der Waals surface area contributed by atoms with Crippen molar-refractivity contribution in [1.29, 1.82) is 0 Å². The van der Waals surface area contributed by atoms with Crippen molar-refractivity contribution in [1.82, 2.24) is 15.3 Å². The molecule has 0 aliphatic rings. The molecule has 1 heterocycles. The van der Waals surface area contributed by atoms with Gasteiger partial charge in [0.1, 0.15) is 0 Å². The highest BCUT2D eigenvalue weighted by Gasteiger charge is 2.12. The third kappa shape index (κ3) is 6.13. The first kappa shape index (κ1) is 20.5. The Morgan fingerprint density at radius 1 is 1.07 bits per heavy atom. The molecule has 1 atom stereocenters. The minimum absolute atomic E-state index is 0.000394. The lowest BCUT2D eigenvalue weighted by atomic mass is 10.1. The predicted octanol–water partition coefficient (Wildman–Crippen LogP) is 3.18. The number of anilines is 1. The van der Waals surface area contributed by atoms with E-state index in [2.05, 4.69) is 20.6 Å². The monoisotopic (exact) mass is 372 g/mol. The van der Waals surface area contributed by atoms with E-state index in [4.69, 9.17) is 9.47 Å². The highest BCUT2D eigenvalue weighted by molar-refractivity contribution is 5.76. The number of nitrogens with zero attached hydrogens (tertiary/aromatic N) is 2. The number of rotatable bonds is 9. The average Bonchev–Trinajstić information content (AvgIpc) is 2.63. The standard InChI is InChI=1S/C20H28N4O3/c1-13-11-14(2)23-20(22-13)21-10-6-7-19(25)24-15(3)16-8-9-17(26-4)18(12-16)27-5/h8-9,11-12,15H,6-7,10H2,1-5H3,(H,24,25)(H,21,22,23). The summed E-state index contributed by atoms with van der Waals surface area (Å²) in [4.78, 5) is 20.8. The quantitative estimate of drug-likeness (QED) is 0.658. The lowest BCUT2D eigenvalue weighted by molar-refractivity contribution is -0.121. The summed E-state index contributed by atoms with van der Waals surface area (Å²) in [5.74, 6) is 1.92. The van der Waals surface area contributed by atoms with Crippen molar-refractivity contribution in [3.63, 3.8) is 0 Å². The SMILES string of the molecule is COc1ccc(C(C)NC(=O)CCCNc2nc(C)cc(C)n2)cc1OC. The number of benzene rings is 1. The number of carbonyl (C=O) groups is 1. The lowest BCUT2D eigenvalue weighted by Gasteiger charge is -2.16. The largest absolute Gasteiger partial charge is 0.493 e. The van der Waals surface area contributed by atoms with Crippen LogP contribution in [0.4, 0.5) is 5.95 Å². The Kier molecular flexibility index (Phi) is 7.40. The fourth-order valence-electron chi connectivity index (χ4n) is 2.77. The molecule has 1 unspecified atom stereocenters. The molecule has 7 nitrogen and oxygen atoms in total. The van der Waals surface area contributed by atoms with Crippen molar-refractivity contribution in [2.24, 2.45) is 0 Å². The van der Waals surface area contributed by atoms with Crippen LogP contribution in [0.2, 0.25) is 0 Å². The molecule has 1 amide bonds. The molecule has 2 rings (SSSR count). The van der Waals surface area contributed by atoms with Crippen molar-refractivity contribution in [2.45, 2.75) is 39.7 Å².